The van der Waals surface area contributed by atoms with E-state index in [0.717, 1.165) is 0 Å². The predicted octanol–water partition coefficient (Wildman–Crippen LogP) is 6.54. The first kappa shape index (κ1) is 20.9. The Morgan fingerprint density at radius 2 is 1.03 bits per heavy atom. The van der Waals surface area contributed by atoms with Crippen molar-refractivity contribution in [2.24, 2.45) is 0 Å². The maximum Gasteiger partial charge on any atom is 0.466 e. The van der Waals surface area contributed by atoms with Crippen LogP contribution < -0.4 is 0 Å². The summed E-state index contributed by atoms with van der Waals surface area (Å²) < 4.78 is 13.2. The van der Waals surface area contributed by atoms with Crippen LogP contribution in [-0.4, -0.2) is 18.3 Å². The zero-order valence-corrected chi connectivity index (χ0v) is 18.6. The van der Waals surface area contributed by atoms with Crippen LogP contribution in [0.3, 0.4) is 0 Å². The lowest BCUT2D eigenvalue weighted by Crippen LogP contribution is -2.41. The minimum Gasteiger partial charge on any atom is -0.403 e. The fraction of sp³-hybridized carbons (Fsp3) is 0.333. The van der Waals surface area contributed by atoms with Gasteiger partial charge in [0, 0.05) is 11.7 Å². The molecule has 0 spiro atoms. The Bertz CT molecular complexity index is 949. The molecule has 3 aromatic carbocycles. The highest BCUT2D eigenvalue weighted by Gasteiger charge is 2.55. The van der Waals surface area contributed by atoms with Crippen molar-refractivity contribution in [2.45, 2.75) is 57.6 Å². The Labute approximate surface area is 181 Å². The SMILES string of the molecule is Cc1ccc([C@@H](c2ccccc2)[C@H](B2OC(C)(C)C(C)(C)O2)c2ccccc2)cc1. The number of rotatable bonds is 5. The molecule has 2 nitrogen and oxygen atoms in total. The molecular formula is C27H31BO2. The van der Waals surface area contributed by atoms with Crippen LogP contribution in [0.4, 0.5) is 0 Å². The van der Waals surface area contributed by atoms with Gasteiger partial charge in [-0.1, -0.05) is 90.5 Å². The van der Waals surface area contributed by atoms with E-state index in [2.05, 4.69) is 120 Å². The Hall–Kier alpha value is -2.36. The summed E-state index contributed by atoms with van der Waals surface area (Å²) in [5, 5.41) is 0. The minimum absolute atomic E-state index is 0.0253. The molecule has 0 aliphatic carbocycles. The van der Waals surface area contributed by atoms with Gasteiger partial charge < -0.3 is 9.31 Å². The summed E-state index contributed by atoms with van der Waals surface area (Å²) in [6.45, 7) is 10.6. The molecule has 154 valence electrons. The molecule has 0 radical (unpaired) electrons. The van der Waals surface area contributed by atoms with Crippen LogP contribution in [0.2, 0.25) is 0 Å². The van der Waals surface area contributed by atoms with Crippen LogP contribution in [0.15, 0.2) is 84.9 Å². The minimum atomic E-state index is -0.376. The van der Waals surface area contributed by atoms with E-state index in [1.54, 1.807) is 0 Å². The smallest absolute Gasteiger partial charge is 0.403 e. The summed E-state index contributed by atoms with van der Waals surface area (Å²) in [5.41, 5.74) is 4.28. The van der Waals surface area contributed by atoms with Crippen LogP contribution in [0.25, 0.3) is 0 Å². The van der Waals surface area contributed by atoms with Crippen LogP contribution in [0.1, 0.15) is 61.7 Å². The molecule has 1 fully saturated rings. The molecule has 0 bridgehead atoms. The normalized spacial score (nSPS) is 19.4. The quantitative estimate of drug-likeness (QED) is 0.454. The third-order valence-electron chi connectivity index (χ3n) is 6.70. The number of hydrogen-bond donors (Lipinski definition) is 0. The molecular weight excluding hydrogens is 367 g/mol. The van der Waals surface area contributed by atoms with Crippen LogP contribution in [-0.2, 0) is 9.31 Å². The molecule has 30 heavy (non-hydrogen) atoms. The number of benzene rings is 3. The lowest BCUT2D eigenvalue weighted by Gasteiger charge is -2.32. The summed E-state index contributed by atoms with van der Waals surface area (Å²) >= 11 is 0. The zero-order valence-electron chi connectivity index (χ0n) is 18.6. The third-order valence-corrected chi connectivity index (χ3v) is 6.70. The summed E-state index contributed by atoms with van der Waals surface area (Å²) in [7, 11) is -0.344. The Morgan fingerprint density at radius 3 is 1.53 bits per heavy atom. The second-order valence-electron chi connectivity index (χ2n) is 9.36. The highest BCUT2D eigenvalue weighted by Crippen LogP contribution is 2.47. The van der Waals surface area contributed by atoms with Crippen molar-refractivity contribution in [3.63, 3.8) is 0 Å². The molecule has 0 aromatic heterocycles. The van der Waals surface area contributed by atoms with E-state index in [1.807, 2.05) is 0 Å². The van der Waals surface area contributed by atoms with E-state index < -0.39 is 0 Å². The van der Waals surface area contributed by atoms with E-state index in [1.165, 1.54) is 22.3 Å². The molecule has 3 heteroatoms. The monoisotopic (exact) mass is 398 g/mol. The average Bonchev–Trinajstić information content (AvgIpc) is 2.95. The number of hydrogen-bond acceptors (Lipinski definition) is 2. The summed E-state index contributed by atoms with van der Waals surface area (Å²) in [4.78, 5) is 0. The highest BCUT2D eigenvalue weighted by molar-refractivity contribution is 6.48. The van der Waals surface area contributed by atoms with Crippen molar-refractivity contribution < 1.29 is 9.31 Å². The van der Waals surface area contributed by atoms with Crippen molar-refractivity contribution in [1.82, 2.24) is 0 Å². The molecule has 1 saturated heterocycles. The van der Waals surface area contributed by atoms with Crippen molar-refractivity contribution in [3.8, 4) is 0 Å². The van der Waals surface area contributed by atoms with Crippen LogP contribution >= 0.6 is 0 Å². The van der Waals surface area contributed by atoms with E-state index in [4.69, 9.17) is 9.31 Å². The van der Waals surface area contributed by atoms with Gasteiger partial charge in [0.2, 0.25) is 0 Å². The fourth-order valence-electron chi connectivity index (χ4n) is 4.26. The molecule has 0 N–H and O–H groups in total. The molecule has 0 unspecified atom stereocenters. The van der Waals surface area contributed by atoms with E-state index in [-0.39, 0.29) is 30.1 Å². The lowest BCUT2D eigenvalue weighted by atomic mass is 9.58. The van der Waals surface area contributed by atoms with E-state index in [9.17, 15) is 0 Å². The largest absolute Gasteiger partial charge is 0.466 e. The van der Waals surface area contributed by atoms with Gasteiger partial charge >= 0.3 is 7.12 Å². The molecule has 1 heterocycles. The predicted molar refractivity (Wildman–Crippen MR) is 125 cm³/mol. The van der Waals surface area contributed by atoms with Crippen molar-refractivity contribution in [1.29, 1.82) is 0 Å². The number of aryl methyl sites for hydroxylation is 1. The second kappa shape index (κ2) is 8.05. The lowest BCUT2D eigenvalue weighted by molar-refractivity contribution is 0.00578. The second-order valence-corrected chi connectivity index (χ2v) is 9.36. The standard InChI is InChI=1S/C27H31BO2/c1-20-16-18-22(19-17-20)24(21-12-8-6-9-13-21)25(23-14-10-7-11-15-23)28-29-26(2,3)27(4,5)30-28/h6-19,24-25H,1-5H3/t24-,25-/m1/s1. The average molecular weight is 398 g/mol. The molecule has 0 amide bonds. The molecule has 3 aromatic rings. The maximum atomic E-state index is 6.61. The van der Waals surface area contributed by atoms with Crippen LogP contribution in [0, 0.1) is 6.92 Å². The Kier molecular flexibility index (Phi) is 5.61. The van der Waals surface area contributed by atoms with Gasteiger partial charge in [-0.15, -0.1) is 0 Å². The first-order valence-corrected chi connectivity index (χ1v) is 10.8. The maximum absolute atomic E-state index is 6.61. The molecule has 0 saturated carbocycles. The topological polar surface area (TPSA) is 18.5 Å². The Morgan fingerprint density at radius 1 is 0.600 bits per heavy atom. The van der Waals surface area contributed by atoms with E-state index >= 15 is 0 Å². The summed E-state index contributed by atoms with van der Waals surface area (Å²) in [6, 6.07) is 30.3. The van der Waals surface area contributed by atoms with Gasteiger partial charge in [-0.05, 0) is 51.3 Å². The van der Waals surface area contributed by atoms with Gasteiger partial charge in [0.05, 0.1) is 11.2 Å². The van der Waals surface area contributed by atoms with Gasteiger partial charge in [0.15, 0.2) is 0 Å². The fourth-order valence-corrected chi connectivity index (χ4v) is 4.26. The summed E-state index contributed by atoms with van der Waals surface area (Å²) in [5.74, 6) is 0.140. The Balaban J connectivity index is 1.87. The van der Waals surface area contributed by atoms with Gasteiger partial charge in [-0.2, -0.15) is 0 Å². The third kappa shape index (κ3) is 3.97. The zero-order chi connectivity index (χ0) is 21.4. The molecule has 1 aliphatic rings. The van der Waals surface area contributed by atoms with Gasteiger partial charge in [0.25, 0.3) is 0 Å². The van der Waals surface area contributed by atoms with Crippen molar-refractivity contribution in [2.75, 3.05) is 0 Å². The van der Waals surface area contributed by atoms with Crippen LogP contribution in [0.5, 0.6) is 0 Å². The molecule has 4 rings (SSSR count). The van der Waals surface area contributed by atoms with Gasteiger partial charge in [-0.25, -0.2) is 0 Å². The van der Waals surface area contributed by atoms with Crippen molar-refractivity contribution >= 4 is 7.12 Å². The molecule has 1 aliphatic heterocycles. The van der Waals surface area contributed by atoms with Crippen molar-refractivity contribution in [3.05, 3.63) is 107 Å². The van der Waals surface area contributed by atoms with Gasteiger partial charge in [-0.3, -0.25) is 0 Å². The molecule has 2 atom stereocenters. The summed E-state index contributed by atoms with van der Waals surface area (Å²) in [6.07, 6.45) is 0. The highest BCUT2D eigenvalue weighted by atomic mass is 16.7. The first-order valence-electron chi connectivity index (χ1n) is 10.8. The van der Waals surface area contributed by atoms with E-state index in [0.29, 0.717) is 0 Å². The van der Waals surface area contributed by atoms with Gasteiger partial charge in [0.1, 0.15) is 0 Å². The first-order chi connectivity index (χ1) is 14.3.